The van der Waals surface area contributed by atoms with E-state index in [1.54, 1.807) is 24.9 Å². The molecule has 0 radical (unpaired) electrons. The van der Waals surface area contributed by atoms with Gasteiger partial charge >= 0.3 is 5.97 Å². The average Bonchev–Trinajstić information content (AvgIpc) is 3.13. The number of carbonyl (C=O) groups is 2. The van der Waals surface area contributed by atoms with Gasteiger partial charge in [-0.15, -0.1) is 11.3 Å². The summed E-state index contributed by atoms with van der Waals surface area (Å²) in [7, 11) is 1.73. The molecule has 2 aromatic heterocycles. The molecule has 3 heterocycles. The highest BCUT2D eigenvalue weighted by Crippen LogP contribution is 2.38. The summed E-state index contributed by atoms with van der Waals surface area (Å²) in [6, 6.07) is 0.432. The summed E-state index contributed by atoms with van der Waals surface area (Å²) in [5.74, 6) is -0.637. The Hall–Kier alpha value is -2.19. The number of nitrogens with zero attached hydrogens (tertiary/aromatic N) is 3. The SMILES string of the molecule is CCOC(=O)c1c(NC(=O)c2c(C)cnn2C)sc2c1CCN(C(C)C)C2. The second-order valence-electron chi connectivity index (χ2n) is 7.00. The zero-order valence-electron chi connectivity index (χ0n) is 16.5. The number of hydrogen-bond donors (Lipinski definition) is 1. The number of anilines is 1. The summed E-state index contributed by atoms with van der Waals surface area (Å²) in [5, 5.41) is 7.62. The van der Waals surface area contributed by atoms with Crippen molar-refractivity contribution < 1.29 is 14.3 Å². The van der Waals surface area contributed by atoms with E-state index in [0.717, 1.165) is 35.5 Å². The van der Waals surface area contributed by atoms with Gasteiger partial charge in [0.1, 0.15) is 10.7 Å². The lowest BCUT2D eigenvalue weighted by molar-refractivity contribution is 0.0526. The molecule has 1 aliphatic rings. The van der Waals surface area contributed by atoms with Gasteiger partial charge in [-0.25, -0.2) is 4.79 Å². The van der Waals surface area contributed by atoms with Gasteiger partial charge in [0, 0.05) is 31.1 Å². The average molecular weight is 391 g/mol. The Balaban J connectivity index is 1.97. The lowest BCUT2D eigenvalue weighted by Crippen LogP contribution is -2.35. The molecule has 7 nitrogen and oxygen atoms in total. The molecule has 0 spiro atoms. The standard InChI is InChI=1S/C19H26N4O3S/c1-6-26-19(25)15-13-7-8-23(11(2)3)10-14(13)27-18(15)21-17(24)16-12(4)9-20-22(16)5/h9,11H,6-8,10H2,1-5H3,(H,21,24). The van der Waals surface area contributed by atoms with Crippen molar-refractivity contribution in [3.63, 3.8) is 0 Å². The molecule has 2 aromatic rings. The topological polar surface area (TPSA) is 76.5 Å². The molecule has 0 atom stereocenters. The van der Waals surface area contributed by atoms with E-state index >= 15 is 0 Å². The Kier molecular flexibility index (Phi) is 5.67. The molecule has 0 fully saturated rings. The Morgan fingerprint density at radius 1 is 1.41 bits per heavy atom. The third kappa shape index (κ3) is 3.77. The second-order valence-corrected chi connectivity index (χ2v) is 8.10. The molecular formula is C19H26N4O3S. The monoisotopic (exact) mass is 390 g/mol. The van der Waals surface area contributed by atoms with Crippen LogP contribution in [0.3, 0.4) is 0 Å². The molecule has 0 unspecified atom stereocenters. The number of esters is 1. The zero-order valence-corrected chi connectivity index (χ0v) is 17.3. The van der Waals surface area contributed by atoms with Crippen molar-refractivity contribution in [2.24, 2.45) is 7.05 Å². The summed E-state index contributed by atoms with van der Waals surface area (Å²) in [6.45, 7) is 9.93. The number of fused-ring (bicyclic) bond motifs is 1. The number of hydrogen-bond acceptors (Lipinski definition) is 6. The number of nitrogens with one attached hydrogen (secondary N) is 1. The van der Waals surface area contributed by atoms with E-state index in [1.165, 1.54) is 11.3 Å². The minimum absolute atomic E-state index is 0.266. The largest absolute Gasteiger partial charge is 0.462 e. The minimum Gasteiger partial charge on any atom is -0.462 e. The fourth-order valence-electron chi connectivity index (χ4n) is 3.41. The van der Waals surface area contributed by atoms with Crippen molar-refractivity contribution in [2.45, 2.75) is 46.7 Å². The first-order chi connectivity index (χ1) is 12.8. The normalized spacial score (nSPS) is 14.3. The van der Waals surface area contributed by atoms with Gasteiger partial charge in [0.2, 0.25) is 0 Å². The molecule has 1 amide bonds. The molecule has 1 aliphatic heterocycles. The molecule has 0 saturated heterocycles. The number of rotatable bonds is 5. The van der Waals surface area contributed by atoms with Crippen LogP contribution in [0.2, 0.25) is 0 Å². The molecule has 146 valence electrons. The molecule has 3 rings (SSSR count). The van der Waals surface area contributed by atoms with Crippen LogP contribution < -0.4 is 5.32 Å². The first kappa shape index (κ1) is 19.6. The predicted octanol–water partition coefficient (Wildman–Crippen LogP) is 2.99. The zero-order chi connectivity index (χ0) is 19.7. The van der Waals surface area contributed by atoms with E-state index < -0.39 is 0 Å². The third-order valence-corrected chi connectivity index (χ3v) is 5.99. The van der Waals surface area contributed by atoms with Crippen LogP contribution in [0.4, 0.5) is 5.00 Å². The maximum absolute atomic E-state index is 12.8. The van der Waals surface area contributed by atoms with Crippen LogP contribution in [0, 0.1) is 6.92 Å². The number of ether oxygens (including phenoxy) is 1. The third-order valence-electron chi connectivity index (χ3n) is 4.86. The van der Waals surface area contributed by atoms with Crippen molar-refractivity contribution in [3.8, 4) is 0 Å². The summed E-state index contributed by atoms with van der Waals surface area (Å²) in [5.41, 5.74) is 2.79. The lowest BCUT2D eigenvalue weighted by Gasteiger charge is -2.30. The maximum Gasteiger partial charge on any atom is 0.341 e. The maximum atomic E-state index is 12.8. The molecule has 0 aromatic carbocycles. The quantitative estimate of drug-likeness (QED) is 0.795. The van der Waals surface area contributed by atoms with E-state index in [9.17, 15) is 9.59 Å². The van der Waals surface area contributed by atoms with Crippen LogP contribution in [0.15, 0.2) is 6.20 Å². The first-order valence-corrected chi connectivity index (χ1v) is 10.0. The Morgan fingerprint density at radius 2 is 2.15 bits per heavy atom. The van der Waals surface area contributed by atoms with Crippen molar-refractivity contribution in [3.05, 3.63) is 33.5 Å². The first-order valence-electron chi connectivity index (χ1n) is 9.19. The summed E-state index contributed by atoms with van der Waals surface area (Å²) < 4.78 is 6.82. The van der Waals surface area contributed by atoms with Crippen molar-refractivity contribution in [2.75, 3.05) is 18.5 Å². The van der Waals surface area contributed by atoms with Crippen LogP contribution >= 0.6 is 11.3 Å². The Labute approximate surface area is 163 Å². The van der Waals surface area contributed by atoms with Crippen molar-refractivity contribution in [1.82, 2.24) is 14.7 Å². The van der Waals surface area contributed by atoms with E-state index in [2.05, 4.69) is 29.2 Å². The Bertz CT molecular complexity index is 849. The number of amides is 1. The summed E-state index contributed by atoms with van der Waals surface area (Å²) >= 11 is 1.47. The fraction of sp³-hybridized carbons (Fsp3) is 0.526. The molecule has 0 aliphatic carbocycles. The van der Waals surface area contributed by atoms with Crippen molar-refractivity contribution in [1.29, 1.82) is 0 Å². The molecule has 0 bridgehead atoms. The second kappa shape index (κ2) is 7.82. The van der Waals surface area contributed by atoms with Gasteiger partial charge in [-0.1, -0.05) is 0 Å². The molecule has 27 heavy (non-hydrogen) atoms. The Morgan fingerprint density at radius 3 is 2.74 bits per heavy atom. The van der Waals surface area contributed by atoms with Crippen molar-refractivity contribution >= 4 is 28.2 Å². The minimum atomic E-state index is -0.370. The van der Waals surface area contributed by atoms with Crippen LogP contribution in [-0.4, -0.2) is 45.8 Å². The number of thiophene rings is 1. The van der Waals surface area contributed by atoms with E-state index in [-0.39, 0.29) is 11.9 Å². The van der Waals surface area contributed by atoms with E-state index in [4.69, 9.17) is 4.74 Å². The fourth-order valence-corrected chi connectivity index (χ4v) is 4.66. The van der Waals surface area contributed by atoms with Gasteiger partial charge < -0.3 is 10.1 Å². The van der Waals surface area contributed by atoms with Crippen LogP contribution in [0.1, 0.15) is 57.6 Å². The highest BCUT2D eigenvalue weighted by Gasteiger charge is 2.30. The van der Waals surface area contributed by atoms with Crippen LogP contribution in [-0.2, 0) is 24.8 Å². The van der Waals surface area contributed by atoms with Crippen LogP contribution in [0.25, 0.3) is 0 Å². The molecule has 1 N–H and O–H groups in total. The lowest BCUT2D eigenvalue weighted by atomic mass is 10.0. The van der Waals surface area contributed by atoms with Gasteiger partial charge in [0.25, 0.3) is 5.91 Å². The molecule has 0 saturated carbocycles. The van der Waals surface area contributed by atoms with Gasteiger partial charge in [-0.3, -0.25) is 14.4 Å². The summed E-state index contributed by atoms with van der Waals surface area (Å²) in [6.07, 6.45) is 2.43. The van der Waals surface area contributed by atoms with Gasteiger partial charge in [0.05, 0.1) is 18.4 Å². The number of aryl methyl sites for hydroxylation is 2. The van der Waals surface area contributed by atoms with Gasteiger partial charge in [-0.2, -0.15) is 5.10 Å². The van der Waals surface area contributed by atoms with Gasteiger partial charge in [0.15, 0.2) is 0 Å². The molecular weight excluding hydrogens is 364 g/mol. The summed E-state index contributed by atoms with van der Waals surface area (Å²) in [4.78, 5) is 28.9. The number of aromatic nitrogens is 2. The smallest absolute Gasteiger partial charge is 0.341 e. The highest BCUT2D eigenvalue weighted by atomic mass is 32.1. The molecule has 8 heteroatoms. The predicted molar refractivity (Wildman–Crippen MR) is 105 cm³/mol. The van der Waals surface area contributed by atoms with E-state index in [1.807, 2.05) is 6.92 Å². The highest BCUT2D eigenvalue weighted by molar-refractivity contribution is 7.17. The number of carbonyl (C=O) groups excluding carboxylic acids is 2. The van der Waals surface area contributed by atoms with Crippen LogP contribution in [0.5, 0.6) is 0 Å². The van der Waals surface area contributed by atoms with Gasteiger partial charge in [-0.05, 0) is 45.2 Å². The van der Waals surface area contributed by atoms with E-state index in [0.29, 0.717) is 28.9 Å².